The molecule has 0 saturated carbocycles. The van der Waals surface area contributed by atoms with Crippen molar-refractivity contribution in [1.29, 1.82) is 0 Å². The molecule has 1 aliphatic heterocycles. The van der Waals surface area contributed by atoms with Crippen LogP contribution in [-0.4, -0.2) is 34.4 Å². The Morgan fingerprint density at radius 1 is 1.33 bits per heavy atom. The molecule has 1 aromatic heterocycles. The molecular formula is C18H22BrN3O2. The van der Waals surface area contributed by atoms with Gasteiger partial charge in [-0.05, 0) is 43.0 Å². The molecule has 24 heavy (non-hydrogen) atoms. The Hall–Kier alpha value is -1.50. The first-order chi connectivity index (χ1) is 11.6. The van der Waals surface area contributed by atoms with Gasteiger partial charge >= 0.3 is 0 Å². The summed E-state index contributed by atoms with van der Waals surface area (Å²) >= 11 is 3.66. The van der Waals surface area contributed by atoms with Crippen LogP contribution in [0.5, 0.6) is 0 Å². The number of aromatic nitrogens is 2. The quantitative estimate of drug-likeness (QED) is 0.821. The lowest BCUT2D eigenvalue weighted by Gasteiger charge is -2.25. The SMILES string of the molecule is Cc1ccc(CN(Cc2ccc(=O)[nH]n2)CC2CCCO2)c(Br)c1. The van der Waals surface area contributed by atoms with Crippen molar-refractivity contribution < 1.29 is 4.74 Å². The molecular weight excluding hydrogens is 370 g/mol. The number of nitrogens with one attached hydrogen (secondary N) is 1. The third-order valence-corrected chi connectivity index (χ3v) is 4.95. The summed E-state index contributed by atoms with van der Waals surface area (Å²) < 4.78 is 6.92. The van der Waals surface area contributed by atoms with E-state index in [0.717, 1.165) is 42.7 Å². The van der Waals surface area contributed by atoms with Crippen LogP contribution in [0, 0.1) is 6.92 Å². The van der Waals surface area contributed by atoms with Gasteiger partial charge in [0, 0.05) is 36.8 Å². The summed E-state index contributed by atoms with van der Waals surface area (Å²) in [6, 6.07) is 9.72. The molecule has 1 saturated heterocycles. The maximum absolute atomic E-state index is 11.2. The largest absolute Gasteiger partial charge is 0.377 e. The van der Waals surface area contributed by atoms with Crippen LogP contribution in [-0.2, 0) is 17.8 Å². The standard InChI is InChI=1S/C18H22BrN3O2/c1-13-4-5-14(17(19)9-13)10-22(12-16-3-2-8-24-16)11-15-6-7-18(23)21-20-15/h4-7,9,16H,2-3,8,10-12H2,1H3,(H,21,23). The topological polar surface area (TPSA) is 58.2 Å². The predicted octanol–water partition coefficient (Wildman–Crippen LogP) is 3.02. The Morgan fingerprint density at radius 3 is 2.88 bits per heavy atom. The van der Waals surface area contributed by atoms with E-state index in [1.807, 2.05) is 0 Å². The van der Waals surface area contributed by atoms with Crippen molar-refractivity contribution in [1.82, 2.24) is 15.1 Å². The highest BCUT2D eigenvalue weighted by Crippen LogP contribution is 2.22. The van der Waals surface area contributed by atoms with Crippen LogP contribution in [0.3, 0.4) is 0 Å². The van der Waals surface area contributed by atoms with Gasteiger partial charge in [-0.2, -0.15) is 5.10 Å². The monoisotopic (exact) mass is 391 g/mol. The van der Waals surface area contributed by atoms with Gasteiger partial charge in [0.25, 0.3) is 5.56 Å². The van der Waals surface area contributed by atoms with Crippen molar-refractivity contribution in [2.75, 3.05) is 13.2 Å². The predicted molar refractivity (Wildman–Crippen MR) is 96.8 cm³/mol. The van der Waals surface area contributed by atoms with Crippen LogP contribution in [0.1, 0.15) is 29.7 Å². The van der Waals surface area contributed by atoms with E-state index in [1.54, 1.807) is 6.07 Å². The van der Waals surface area contributed by atoms with Crippen LogP contribution in [0.15, 0.2) is 39.6 Å². The van der Waals surface area contributed by atoms with Gasteiger partial charge < -0.3 is 4.74 Å². The second kappa shape index (κ2) is 8.05. The lowest BCUT2D eigenvalue weighted by Crippen LogP contribution is -2.32. The molecule has 0 aliphatic carbocycles. The smallest absolute Gasteiger partial charge is 0.264 e. The summed E-state index contributed by atoms with van der Waals surface area (Å²) in [4.78, 5) is 13.5. The molecule has 0 bridgehead atoms. The zero-order valence-electron chi connectivity index (χ0n) is 13.8. The molecule has 1 unspecified atom stereocenters. The molecule has 1 aromatic carbocycles. The molecule has 1 atom stereocenters. The van der Waals surface area contributed by atoms with Crippen LogP contribution in [0.25, 0.3) is 0 Å². The Bertz CT molecular complexity index is 721. The molecule has 1 aliphatic rings. The van der Waals surface area contributed by atoms with Crippen LogP contribution < -0.4 is 5.56 Å². The number of H-pyrrole nitrogens is 1. The van der Waals surface area contributed by atoms with Crippen molar-refractivity contribution in [3.05, 3.63) is 62.0 Å². The van der Waals surface area contributed by atoms with E-state index in [-0.39, 0.29) is 11.7 Å². The minimum atomic E-state index is -0.175. The highest BCUT2D eigenvalue weighted by molar-refractivity contribution is 9.10. The van der Waals surface area contributed by atoms with Crippen LogP contribution in [0.2, 0.25) is 0 Å². The molecule has 2 aromatic rings. The first-order valence-corrected chi connectivity index (χ1v) is 9.03. The Balaban J connectivity index is 1.75. The van der Waals surface area contributed by atoms with Crippen LogP contribution >= 0.6 is 15.9 Å². The maximum atomic E-state index is 11.2. The number of rotatable bonds is 6. The lowest BCUT2D eigenvalue weighted by atomic mass is 10.1. The molecule has 3 rings (SSSR count). The maximum Gasteiger partial charge on any atom is 0.264 e. The Labute approximate surface area is 150 Å². The van der Waals surface area contributed by atoms with Crippen molar-refractivity contribution in [2.24, 2.45) is 0 Å². The molecule has 0 radical (unpaired) electrons. The normalized spacial score (nSPS) is 17.5. The van der Waals surface area contributed by atoms with Gasteiger partial charge in [-0.1, -0.05) is 28.1 Å². The summed E-state index contributed by atoms with van der Waals surface area (Å²) in [7, 11) is 0. The molecule has 6 heteroatoms. The summed E-state index contributed by atoms with van der Waals surface area (Å²) in [6.45, 7) is 5.28. The molecule has 0 amide bonds. The molecule has 2 heterocycles. The fourth-order valence-electron chi connectivity index (χ4n) is 2.97. The molecule has 5 nitrogen and oxygen atoms in total. The first-order valence-electron chi connectivity index (χ1n) is 8.24. The van der Waals surface area contributed by atoms with E-state index in [0.29, 0.717) is 6.54 Å². The number of hydrogen-bond acceptors (Lipinski definition) is 4. The second-order valence-corrected chi connectivity index (χ2v) is 7.17. The van der Waals surface area contributed by atoms with Gasteiger partial charge in [0.1, 0.15) is 0 Å². The van der Waals surface area contributed by atoms with Gasteiger partial charge in [-0.15, -0.1) is 0 Å². The second-order valence-electron chi connectivity index (χ2n) is 6.31. The lowest BCUT2D eigenvalue weighted by molar-refractivity contribution is 0.0673. The first kappa shape index (κ1) is 17.3. The van der Waals surface area contributed by atoms with E-state index in [2.05, 4.69) is 56.2 Å². The number of halogens is 1. The zero-order chi connectivity index (χ0) is 16.9. The fourth-order valence-corrected chi connectivity index (χ4v) is 3.59. The Kier molecular flexibility index (Phi) is 5.81. The highest BCUT2D eigenvalue weighted by Gasteiger charge is 2.20. The molecule has 128 valence electrons. The summed E-state index contributed by atoms with van der Waals surface area (Å²) in [5.74, 6) is 0. The van der Waals surface area contributed by atoms with Gasteiger partial charge in [0.2, 0.25) is 0 Å². The number of benzene rings is 1. The average Bonchev–Trinajstić information content (AvgIpc) is 3.05. The number of ether oxygens (including phenoxy) is 1. The average molecular weight is 392 g/mol. The van der Waals surface area contributed by atoms with E-state index >= 15 is 0 Å². The third kappa shape index (κ3) is 4.75. The highest BCUT2D eigenvalue weighted by atomic mass is 79.9. The van der Waals surface area contributed by atoms with Gasteiger partial charge in [-0.3, -0.25) is 9.69 Å². The van der Waals surface area contributed by atoms with Gasteiger partial charge in [0.05, 0.1) is 11.8 Å². The number of nitrogens with zero attached hydrogens (tertiary/aromatic N) is 2. The summed E-state index contributed by atoms with van der Waals surface area (Å²) in [5.41, 5.74) is 3.16. The van der Waals surface area contributed by atoms with E-state index < -0.39 is 0 Å². The minimum Gasteiger partial charge on any atom is -0.377 e. The van der Waals surface area contributed by atoms with Crippen molar-refractivity contribution in [3.8, 4) is 0 Å². The minimum absolute atomic E-state index is 0.175. The number of aromatic amines is 1. The summed E-state index contributed by atoms with van der Waals surface area (Å²) in [6.07, 6.45) is 2.51. The fraction of sp³-hybridized carbons (Fsp3) is 0.444. The molecule has 1 fully saturated rings. The van der Waals surface area contributed by atoms with E-state index in [1.165, 1.54) is 17.2 Å². The molecule has 1 N–H and O–H groups in total. The Morgan fingerprint density at radius 2 is 2.21 bits per heavy atom. The van der Waals surface area contributed by atoms with Crippen molar-refractivity contribution in [3.63, 3.8) is 0 Å². The van der Waals surface area contributed by atoms with Crippen molar-refractivity contribution >= 4 is 15.9 Å². The van der Waals surface area contributed by atoms with Crippen molar-refractivity contribution in [2.45, 2.75) is 39.0 Å². The molecule has 0 spiro atoms. The van der Waals surface area contributed by atoms with E-state index in [4.69, 9.17) is 4.74 Å². The third-order valence-electron chi connectivity index (χ3n) is 4.21. The summed E-state index contributed by atoms with van der Waals surface area (Å²) in [5, 5.41) is 6.65. The number of aryl methyl sites for hydroxylation is 1. The number of hydrogen-bond donors (Lipinski definition) is 1. The van der Waals surface area contributed by atoms with E-state index in [9.17, 15) is 4.79 Å². The van der Waals surface area contributed by atoms with Gasteiger partial charge in [-0.25, -0.2) is 5.10 Å². The zero-order valence-corrected chi connectivity index (χ0v) is 15.4. The van der Waals surface area contributed by atoms with Crippen LogP contribution in [0.4, 0.5) is 0 Å². The van der Waals surface area contributed by atoms with Gasteiger partial charge in [0.15, 0.2) is 0 Å².